The van der Waals surface area contributed by atoms with Crippen molar-refractivity contribution in [3.05, 3.63) is 0 Å². The van der Waals surface area contributed by atoms with E-state index in [9.17, 15) is 4.79 Å². The van der Waals surface area contributed by atoms with Gasteiger partial charge in [-0.25, -0.2) is 0 Å². The first-order chi connectivity index (χ1) is 8.89. The van der Waals surface area contributed by atoms with Crippen molar-refractivity contribution in [3.8, 4) is 0 Å². The highest BCUT2D eigenvalue weighted by molar-refractivity contribution is 5.83. The minimum absolute atomic E-state index is 0.103. The van der Waals surface area contributed by atoms with Crippen LogP contribution in [0.1, 0.15) is 53.4 Å². The monoisotopic (exact) mass is 266 g/mol. The number of nitrogens with one attached hydrogen (secondary N) is 1. The van der Waals surface area contributed by atoms with Crippen LogP contribution in [0.25, 0.3) is 0 Å². The summed E-state index contributed by atoms with van der Waals surface area (Å²) in [5, 5.41) is 3.37. The van der Waals surface area contributed by atoms with Gasteiger partial charge in [-0.3, -0.25) is 4.79 Å². The van der Waals surface area contributed by atoms with Gasteiger partial charge in [-0.1, -0.05) is 27.7 Å². The molecule has 0 radical (unpaired) electrons. The second-order valence-corrected chi connectivity index (χ2v) is 7.49. The molecule has 1 N–H and O–H groups in total. The molecule has 19 heavy (non-hydrogen) atoms. The zero-order chi connectivity index (χ0) is 14.1. The van der Waals surface area contributed by atoms with Crippen LogP contribution in [0.5, 0.6) is 0 Å². The lowest BCUT2D eigenvalue weighted by Gasteiger charge is -2.41. The molecule has 1 amide bonds. The van der Waals surface area contributed by atoms with Crippen molar-refractivity contribution in [2.24, 2.45) is 16.7 Å². The third-order valence-corrected chi connectivity index (χ3v) is 5.38. The fraction of sp³-hybridized carbons (Fsp3) is 0.938. The highest BCUT2D eigenvalue weighted by atomic mass is 16.2. The second-order valence-electron chi connectivity index (χ2n) is 7.49. The van der Waals surface area contributed by atoms with Crippen LogP contribution < -0.4 is 5.32 Å². The first-order valence-corrected chi connectivity index (χ1v) is 7.89. The maximum atomic E-state index is 12.8. The molecular formula is C16H30N2O. The zero-order valence-corrected chi connectivity index (χ0v) is 13.1. The predicted molar refractivity (Wildman–Crippen MR) is 79.0 cm³/mol. The molecule has 0 aromatic rings. The van der Waals surface area contributed by atoms with Crippen molar-refractivity contribution < 1.29 is 4.79 Å². The SMILES string of the molecule is CCC1(C(=O)N2CCC(C(C)(C)C)CC2)CCNC1. The Morgan fingerprint density at radius 1 is 1.32 bits per heavy atom. The van der Waals surface area contributed by atoms with E-state index < -0.39 is 0 Å². The molecule has 2 aliphatic rings. The van der Waals surface area contributed by atoms with E-state index in [1.54, 1.807) is 0 Å². The molecule has 2 saturated heterocycles. The molecule has 110 valence electrons. The molecule has 2 heterocycles. The molecule has 0 aromatic carbocycles. The largest absolute Gasteiger partial charge is 0.342 e. The standard InChI is InChI=1S/C16H30N2O/c1-5-16(8-9-17-12-16)14(19)18-10-6-13(7-11-18)15(2,3)4/h13,17H,5-12H2,1-4H3. The van der Waals surface area contributed by atoms with Crippen LogP contribution in [0.2, 0.25) is 0 Å². The molecule has 1 atom stereocenters. The van der Waals surface area contributed by atoms with Gasteiger partial charge in [0, 0.05) is 19.6 Å². The van der Waals surface area contributed by atoms with Crippen LogP contribution in [-0.4, -0.2) is 37.0 Å². The van der Waals surface area contributed by atoms with Gasteiger partial charge in [-0.2, -0.15) is 0 Å². The van der Waals surface area contributed by atoms with Gasteiger partial charge in [-0.05, 0) is 43.6 Å². The van der Waals surface area contributed by atoms with E-state index in [0.717, 1.165) is 44.9 Å². The van der Waals surface area contributed by atoms with Crippen LogP contribution in [-0.2, 0) is 4.79 Å². The lowest BCUT2D eigenvalue weighted by Crippen LogP contribution is -2.49. The van der Waals surface area contributed by atoms with Gasteiger partial charge in [-0.15, -0.1) is 0 Å². The van der Waals surface area contributed by atoms with Gasteiger partial charge in [0.15, 0.2) is 0 Å². The first kappa shape index (κ1) is 14.8. The van der Waals surface area contributed by atoms with Crippen LogP contribution >= 0.6 is 0 Å². The molecule has 0 bridgehead atoms. The lowest BCUT2D eigenvalue weighted by atomic mass is 9.74. The van der Waals surface area contributed by atoms with E-state index in [2.05, 4.69) is 37.9 Å². The highest BCUT2D eigenvalue weighted by Crippen LogP contribution is 2.37. The Kier molecular flexibility index (Phi) is 4.24. The summed E-state index contributed by atoms with van der Waals surface area (Å²) in [5.41, 5.74) is 0.279. The van der Waals surface area contributed by atoms with Gasteiger partial charge in [0.1, 0.15) is 0 Å². The lowest BCUT2D eigenvalue weighted by molar-refractivity contribution is -0.143. The van der Waals surface area contributed by atoms with E-state index in [1.807, 2.05) is 0 Å². The number of hydrogen-bond acceptors (Lipinski definition) is 2. The Hall–Kier alpha value is -0.570. The summed E-state index contributed by atoms with van der Waals surface area (Å²) in [6.45, 7) is 12.9. The van der Waals surface area contributed by atoms with E-state index >= 15 is 0 Å². The van der Waals surface area contributed by atoms with Crippen LogP contribution in [0.15, 0.2) is 0 Å². The minimum atomic E-state index is -0.103. The molecule has 0 aromatic heterocycles. The molecule has 2 fully saturated rings. The maximum Gasteiger partial charge on any atom is 0.230 e. The van der Waals surface area contributed by atoms with Crippen molar-refractivity contribution in [1.29, 1.82) is 0 Å². The Morgan fingerprint density at radius 3 is 2.37 bits per heavy atom. The van der Waals surface area contributed by atoms with Crippen molar-refractivity contribution in [3.63, 3.8) is 0 Å². The van der Waals surface area contributed by atoms with E-state index in [4.69, 9.17) is 0 Å². The van der Waals surface area contributed by atoms with Crippen LogP contribution in [0.4, 0.5) is 0 Å². The van der Waals surface area contributed by atoms with Gasteiger partial charge < -0.3 is 10.2 Å². The van der Waals surface area contributed by atoms with E-state index in [-0.39, 0.29) is 5.41 Å². The number of carbonyl (C=O) groups excluding carboxylic acids is 1. The molecule has 1 unspecified atom stereocenters. The fourth-order valence-electron chi connectivity index (χ4n) is 3.66. The number of hydrogen-bond donors (Lipinski definition) is 1. The van der Waals surface area contributed by atoms with Crippen molar-refractivity contribution >= 4 is 5.91 Å². The normalized spacial score (nSPS) is 29.8. The molecule has 0 aliphatic carbocycles. The quantitative estimate of drug-likeness (QED) is 0.833. The topological polar surface area (TPSA) is 32.3 Å². The Balaban J connectivity index is 1.96. The van der Waals surface area contributed by atoms with Crippen molar-refractivity contribution in [2.75, 3.05) is 26.2 Å². The summed E-state index contributed by atoms with van der Waals surface area (Å²) < 4.78 is 0. The third-order valence-electron chi connectivity index (χ3n) is 5.38. The minimum Gasteiger partial charge on any atom is -0.342 e. The molecule has 0 saturated carbocycles. The van der Waals surface area contributed by atoms with E-state index in [1.165, 1.54) is 12.8 Å². The first-order valence-electron chi connectivity index (χ1n) is 7.89. The number of rotatable bonds is 2. The van der Waals surface area contributed by atoms with Crippen LogP contribution in [0.3, 0.4) is 0 Å². The Labute approximate surface area is 118 Å². The number of nitrogens with zero attached hydrogens (tertiary/aromatic N) is 1. The molecule has 3 heteroatoms. The molecular weight excluding hydrogens is 236 g/mol. The van der Waals surface area contributed by atoms with Gasteiger partial charge in [0.05, 0.1) is 5.41 Å². The number of amides is 1. The number of carbonyl (C=O) groups is 1. The fourth-order valence-corrected chi connectivity index (χ4v) is 3.66. The summed E-state index contributed by atoms with van der Waals surface area (Å²) in [5.74, 6) is 1.17. The van der Waals surface area contributed by atoms with Gasteiger partial charge in [0.25, 0.3) is 0 Å². The van der Waals surface area contributed by atoms with E-state index in [0.29, 0.717) is 11.3 Å². The average molecular weight is 266 g/mol. The van der Waals surface area contributed by atoms with Crippen LogP contribution in [0, 0.1) is 16.7 Å². The van der Waals surface area contributed by atoms with Crippen molar-refractivity contribution in [1.82, 2.24) is 10.2 Å². The second kappa shape index (κ2) is 5.43. The maximum absolute atomic E-state index is 12.8. The third kappa shape index (κ3) is 2.96. The molecule has 2 aliphatic heterocycles. The van der Waals surface area contributed by atoms with Crippen molar-refractivity contribution in [2.45, 2.75) is 53.4 Å². The Bertz CT molecular complexity index is 318. The summed E-state index contributed by atoms with van der Waals surface area (Å²) in [4.78, 5) is 14.9. The summed E-state index contributed by atoms with van der Waals surface area (Å²) in [7, 11) is 0. The number of likely N-dealkylation sites (tertiary alicyclic amines) is 1. The highest BCUT2D eigenvalue weighted by Gasteiger charge is 2.43. The molecule has 0 spiro atoms. The zero-order valence-electron chi connectivity index (χ0n) is 13.1. The molecule has 3 nitrogen and oxygen atoms in total. The van der Waals surface area contributed by atoms with Gasteiger partial charge in [0.2, 0.25) is 5.91 Å². The number of piperidine rings is 1. The summed E-state index contributed by atoms with van der Waals surface area (Å²) >= 11 is 0. The average Bonchev–Trinajstić information content (AvgIpc) is 2.87. The predicted octanol–water partition coefficient (Wildman–Crippen LogP) is 2.66. The summed E-state index contributed by atoms with van der Waals surface area (Å²) in [6.07, 6.45) is 4.32. The summed E-state index contributed by atoms with van der Waals surface area (Å²) in [6, 6.07) is 0. The Morgan fingerprint density at radius 2 is 1.95 bits per heavy atom. The smallest absolute Gasteiger partial charge is 0.230 e. The molecule has 2 rings (SSSR count). The van der Waals surface area contributed by atoms with Gasteiger partial charge >= 0.3 is 0 Å².